The third-order valence-electron chi connectivity index (χ3n) is 8.16. The van der Waals surface area contributed by atoms with Crippen LogP contribution in [0, 0.1) is 5.92 Å². The molecule has 2 aliphatic heterocycles. The minimum Gasteiger partial charge on any atom is -0.483 e. The standard InChI is InChI=1S/C35H26BrN3O7S2/c1-2-45-34(43)19-8-12-23(13-9-19)39-32(41)28-27(29-31(38-35(44)48-29)47-30(28)33(39)42)24-16-21(36)10-14-25(24)46-17-26(40)37-22-11-7-18-5-3-4-6-20(18)15-22/h3-16,27-28,30H,2,17H2,1H3,(H,37,40)(H,38,44). The van der Waals surface area contributed by atoms with E-state index in [1.807, 2.05) is 42.5 Å². The molecule has 3 amide bonds. The number of hydrogen-bond donors (Lipinski definition) is 2. The van der Waals surface area contributed by atoms with Gasteiger partial charge in [-0.3, -0.25) is 19.2 Å². The van der Waals surface area contributed by atoms with E-state index in [-0.39, 0.29) is 24.0 Å². The zero-order valence-electron chi connectivity index (χ0n) is 25.2. The van der Waals surface area contributed by atoms with E-state index >= 15 is 0 Å². The van der Waals surface area contributed by atoms with Gasteiger partial charge in [-0.15, -0.1) is 0 Å². The van der Waals surface area contributed by atoms with Crippen molar-refractivity contribution in [2.45, 2.75) is 23.1 Å². The molecule has 7 rings (SSSR count). The maximum Gasteiger partial charge on any atom is 0.338 e. The molecule has 0 saturated carbocycles. The first kappa shape index (κ1) is 31.9. The molecule has 1 saturated heterocycles. The van der Waals surface area contributed by atoms with Crippen LogP contribution in [0.2, 0.25) is 0 Å². The Morgan fingerprint density at radius 3 is 2.48 bits per heavy atom. The average Bonchev–Trinajstić information content (AvgIpc) is 3.58. The monoisotopic (exact) mass is 743 g/mol. The number of hydrogen-bond acceptors (Lipinski definition) is 9. The van der Waals surface area contributed by atoms with E-state index in [0.717, 1.165) is 38.8 Å². The molecule has 2 N–H and O–H groups in total. The number of aromatic amines is 1. The summed E-state index contributed by atoms with van der Waals surface area (Å²) in [4.78, 5) is 70.2. The lowest BCUT2D eigenvalue weighted by Gasteiger charge is -2.31. The number of rotatable bonds is 8. The van der Waals surface area contributed by atoms with Gasteiger partial charge in [-0.1, -0.05) is 69.4 Å². The van der Waals surface area contributed by atoms with Gasteiger partial charge in [0.25, 0.3) is 5.91 Å². The van der Waals surface area contributed by atoms with Crippen molar-refractivity contribution in [3.8, 4) is 5.75 Å². The van der Waals surface area contributed by atoms with Gasteiger partial charge in [0.2, 0.25) is 11.8 Å². The number of imide groups is 1. The van der Waals surface area contributed by atoms with E-state index in [1.54, 1.807) is 37.3 Å². The number of H-pyrrole nitrogens is 1. The second kappa shape index (κ2) is 13.1. The number of amides is 3. The SMILES string of the molecule is CCOC(=O)c1ccc(N2C(=O)C3Sc4[nH]c(=O)sc4C(c4cc(Br)ccc4OCC(=O)Nc4ccc5ccccc5c4)C3C2=O)cc1. The number of ether oxygens (including phenoxy) is 2. The second-order valence-electron chi connectivity index (χ2n) is 11.1. The number of nitrogens with zero attached hydrogens (tertiary/aromatic N) is 1. The minimum absolute atomic E-state index is 0.217. The van der Waals surface area contributed by atoms with E-state index in [0.29, 0.717) is 42.6 Å². The van der Waals surface area contributed by atoms with E-state index < -0.39 is 34.9 Å². The van der Waals surface area contributed by atoms with Crippen molar-refractivity contribution in [3.63, 3.8) is 0 Å². The van der Waals surface area contributed by atoms with Crippen molar-refractivity contribution in [1.82, 2.24) is 4.98 Å². The summed E-state index contributed by atoms with van der Waals surface area (Å²) in [5.74, 6) is -3.04. The Morgan fingerprint density at radius 1 is 0.938 bits per heavy atom. The number of esters is 1. The molecule has 0 radical (unpaired) electrons. The largest absolute Gasteiger partial charge is 0.483 e. The Labute approximate surface area is 290 Å². The molecule has 1 aromatic heterocycles. The quantitative estimate of drug-likeness (QED) is 0.139. The fourth-order valence-electron chi connectivity index (χ4n) is 6.07. The van der Waals surface area contributed by atoms with Crippen molar-refractivity contribution in [3.05, 3.63) is 115 Å². The highest BCUT2D eigenvalue weighted by Crippen LogP contribution is 2.54. The van der Waals surface area contributed by atoms with Crippen molar-refractivity contribution >= 4 is 84.9 Å². The van der Waals surface area contributed by atoms with Crippen molar-refractivity contribution in [2.75, 3.05) is 23.4 Å². The molecule has 5 aromatic rings. The number of nitrogens with one attached hydrogen (secondary N) is 2. The summed E-state index contributed by atoms with van der Waals surface area (Å²) in [7, 11) is 0. The van der Waals surface area contributed by atoms with Gasteiger partial charge < -0.3 is 19.8 Å². The van der Waals surface area contributed by atoms with Gasteiger partial charge in [-0.25, -0.2) is 9.69 Å². The van der Waals surface area contributed by atoms with Gasteiger partial charge in [-0.2, -0.15) is 0 Å². The molecule has 10 nitrogen and oxygen atoms in total. The fraction of sp³-hybridized carbons (Fsp3) is 0.171. The molecule has 242 valence electrons. The van der Waals surface area contributed by atoms with Crippen LogP contribution < -0.4 is 19.8 Å². The van der Waals surface area contributed by atoms with Gasteiger partial charge in [0.15, 0.2) is 6.61 Å². The zero-order valence-corrected chi connectivity index (χ0v) is 28.4. The number of carbonyl (C=O) groups is 4. The van der Waals surface area contributed by atoms with Gasteiger partial charge in [0, 0.05) is 26.5 Å². The van der Waals surface area contributed by atoms with Crippen molar-refractivity contribution < 1.29 is 28.7 Å². The molecule has 2 aliphatic rings. The van der Waals surface area contributed by atoms with Crippen LogP contribution in [0.5, 0.6) is 5.75 Å². The maximum absolute atomic E-state index is 14.2. The third-order valence-corrected chi connectivity index (χ3v) is 11.1. The molecule has 0 aliphatic carbocycles. The summed E-state index contributed by atoms with van der Waals surface area (Å²) >= 11 is 5.66. The first-order valence-electron chi connectivity index (χ1n) is 15.0. The number of carbonyl (C=O) groups excluding carboxylic acids is 4. The Balaban J connectivity index is 1.19. The normalized spacial score (nSPS) is 18.4. The van der Waals surface area contributed by atoms with Crippen LogP contribution in [0.3, 0.4) is 0 Å². The topological polar surface area (TPSA) is 135 Å². The Bertz CT molecular complexity index is 2160. The summed E-state index contributed by atoms with van der Waals surface area (Å²) in [6.07, 6.45) is 0. The second-order valence-corrected chi connectivity index (χ2v) is 14.2. The molecule has 4 aromatic carbocycles. The summed E-state index contributed by atoms with van der Waals surface area (Å²) < 4.78 is 11.8. The molecular weight excluding hydrogens is 718 g/mol. The average molecular weight is 745 g/mol. The molecule has 3 heterocycles. The number of anilines is 2. The molecule has 1 fully saturated rings. The molecule has 0 bridgehead atoms. The molecule has 48 heavy (non-hydrogen) atoms. The number of halogens is 1. The summed E-state index contributed by atoms with van der Waals surface area (Å²) in [6, 6.07) is 24.8. The number of aromatic nitrogens is 1. The zero-order chi connectivity index (χ0) is 33.5. The highest BCUT2D eigenvalue weighted by molar-refractivity contribution is 9.10. The van der Waals surface area contributed by atoms with E-state index in [1.165, 1.54) is 12.1 Å². The summed E-state index contributed by atoms with van der Waals surface area (Å²) in [5.41, 5.74) is 1.79. The number of fused-ring (bicyclic) bond motifs is 3. The first-order chi connectivity index (χ1) is 23.2. The van der Waals surface area contributed by atoms with Gasteiger partial charge in [-0.05, 0) is 72.3 Å². The fourth-order valence-corrected chi connectivity index (χ4v) is 8.95. The van der Waals surface area contributed by atoms with Gasteiger partial charge >= 0.3 is 10.8 Å². The number of thiazole rings is 1. The lowest BCUT2D eigenvalue weighted by molar-refractivity contribution is -0.122. The van der Waals surface area contributed by atoms with Crippen LogP contribution in [-0.2, 0) is 19.1 Å². The van der Waals surface area contributed by atoms with Crippen molar-refractivity contribution in [1.29, 1.82) is 0 Å². The van der Waals surface area contributed by atoms with E-state index in [2.05, 4.69) is 26.2 Å². The maximum atomic E-state index is 14.2. The highest BCUT2D eigenvalue weighted by Gasteiger charge is 2.57. The lowest BCUT2D eigenvalue weighted by Crippen LogP contribution is -2.32. The molecule has 13 heteroatoms. The van der Waals surface area contributed by atoms with Gasteiger partial charge in [0.05, 0.1) is 28.8 Å². The van der Waals surface area contributed by atoms with Crippen LogP contribution in [0.25, 0.3) is 10.8 Å². The summed E-state index contributed by atoms with van der Waals surface area (Å²) in [5, 5.41) is 4.57. The van der Waals surface area contributed by atoms with Crippen molar-refractivity contribution in [2.24, 2.45) is 5.92 Å². The van der Waals surface area contributed by atoms with E-state index in [4.69, 9.17) is 9.47 Å². The molecule has 0 spiro atoms. The molecule has 3 atom stereocenters. The lowest BCUT2D eigenvalue weighted by atomic mass is 9.82. The minimum atomic E-state index is -0.880. The molecular formula is C35H26BrN3O7S2. The van der Waals surface area contributed by atoms with Crippen LogP contribution in [0.15, 0.2) is 99.2 Å². The Hall–Kier alpha value is -4.72. The van der Waals surface area contributed by atoms with Gasteiger partial charge in [0.1, 0.15) is 11.0 Å². The van der Waals surface area contributed by atoms with Crippen LogP contribution in [-0.4, -0.2) is 47.1 Å². The molecule has 3 unspecified atom stereocenters. The third kappa shape index (κ3) is 5.93. The van der Waals surface area contributed by atoms with Crippen LogP contribution in [0.4, 0.5) is 11.4 Å². The van der Waals surface area contributed by atoms with Crippen LogP contribution >= 0.6 is 39.0 Å². The first-order valence-corrected chi connectivity index (χ1v) is 17.5. The predicted octanol–water partition coefficient (Wildman–Crippen LogP) is 6.34. The predicted molar refractivity (Wildman–Crippen MR) is 187 cm³/mol. The summed E-state index contributed by atoms with van der Waals surface area (Å²) in [6.45, 7) is 1.60. The Morgan fingerprint density at radius 2 is 1.71 bits per heavy atom. The smallest absolute Gasteiger partial charge is 0.338 e. The number of thioether (sulfide) groups is 1. The number of benzene rings is 4. The van der Waals surface area contributed by atoms with Crippen LogP contribution in [0.1, 0.15) is 33.6 Å². The highest BCUT2D eigenvalue weighted by atomic mass is 79.9. The van der Waals surface area contributed by atoms with E-state index in [9.17, 15) is 24.0 Å². The Kier molecular flexibility index (Phi) is 8.67.